The molecule has 0 bridgehead atoms. The zero-order valence-electron chi connectivity index (χ0n) is 14.8. The number of amides is 1. The molecule has 0 fully saturated rings. The van der Waals surface area contributed by atoms with E-state index in [1.165, 1.54) is 5.56 Å². The molecule has 1 N–H and O–H groups in total. The fourth-order valence-corrected chi connectivity index (χ4v) is 2.36. The number of hydrogen-bond acceptors (Lipinski definition) is 4. The number of carbonyl (C=O) groups is 1. The van der Waals surface area contributed by atoms with Crippen LogP contribution in [0.15, 0.2) is 36.5 Å². The van der Waals surface area contributed by atoms with Crippen LogP contribution >= 0.6 is 0 Å². The average Bonchev–Trinajstić information content (AvgIpc) is 2.95. The van der Waals surface area contributed by atoms with Gasteiger partial charge in [0.25, 0.3) is 0 Å². The molecular formula is C18H26N4O2. The molecule has 1 amide bonds. The molecule has 0 aliphatic heterocycles. The lowest BCUT2D eigenvalue weighted by Crippen LogP contribution is -2.33. The first-order valence-corrected chi connectivity index (χ1v) is 8.17. The van der Waals surface area contributed by atoms with Crippen LogP contribution in [0.5, 0.6) is 5.75 Å². The summed E-state index contributed by atoms with van der Waals surface area (Å²) in [4.78, 5) is 14.1. The standard InChI is InChI=1S/C18H26N4O2/c1-14(2)22-17(8-9-19-22)20-18(23)13-21(4)10-11-24-16-7-5-6-15(3)12-16/h5-9,12,14H,10-11,13H2,1-4H3,(H,20,23). The Kier molecular flexibility index (Phi) is 6.37. The Bertz CT molecular complexity index is 667. The SMILES string of the molecule is Cc1cccc(OCCN(C)CC(=O)Nc2ccnn2C(C)C)c1. The van der Waals surface area contributed by atoms with Crippen LogP contribution in [0.4, 0.5) is 5.82 Å². The van der Waals surface area contributed by atoms with Crippen molar-refractivity contribution in [3.8, 4) is 5.75 Å². The number of likely N-dealkylation sites (N-methyl/N-ethyl adjacent to an activating group) is 1. The van der Waals surface area contributed by atoms with Crippen LogP contribution in [0.25, 0.3) is 0 Å². The number of aromatic nitrogens is 2. The second-order valence-corrected chi connectivity index (χ2v) is 6.21. The van der Waals surface area contributed by atoms with Crippen LogP contribution in [-0.2, 0) is 4.79 Å². The number of hydrogen-bond donors (Lipinski definition) is 1. The van der Waals surface area contributed by atoms with Crippen molar-refractivity contribution in [2.75, 3.05) is 32.1 Å². The first-order chi connectivity index (χ1) is 11.5. The lowest BCUT2D eigenvalue weighted by atomic mass is 10.2. The van der Waals surface area contributed by atoms with Gasteiger partial charge < -0.3 is 10.1 Å². The molecule has 2 rings (SSSR count). The predicted molar refractivity (Wildman–Crippen MR) is 95.4 cm³/mol. The largest absolute Gasteiger partial charge is 0.492 e. The minimum Gasteiger partial charge on any atom is -0.492 e. The van der Waals surface area contributed by atoms with Crippen LogP contribution < -0.4 is 10.1 Å². The summed E-state index contributed by atoms with van der Waals surface area (Å²) in [5.41, 5.74) is 1.17. The lowest BCUT2D eigenvalue weighted by molar-refractivity contribution is -0.117. The predicted octanol–water partition coefficient (Wildman–Crippen LogP) is 2.72. The van der Waals surface area contributed by atoms with E-state index in [4.69, 9.17) is 4.74 Å². The Morgan fingerprint density at radius 3 is 2.88 bits per heavy atom. The van der Waals surface area contributed by atoms with Crippen molar-refractivity contribution in [2.24, 2.45) is 0 Å². The first-order valence-electron chi connectivity index (χ1n) is 8.17. The van der Waals surface area contributed by atoms with Crippen molar-refractivity contribution in [3.05, 3.63) is 42.1 Å². The molecule has 0 atom stereocenters. The van der Waals surface area contributed by atoms with Gasteiger partial charge in [0.15, 0.2) is 0 Å². The number of benzene rings is 1. The normalized spacial score (nSPS) is 11.1. The van der Waals surface area contributed by atoms with Gasteiger partial charge in [-0.2, -0.15) is 5.10 Å². The van der Waals surface area contributed by atoms with Gasteiger partial charge in [-0.05, 0) is 45.5 Å². The minimum absolute atomic E-state index is 0.0598. The molecule has 1 aromatic heterocycles. The second kappa shape index (κ2) is 8.49. The van der Waals surface area contributed by atoms with E-state index in [-0.39, 0.29) is 11.9 Å². The van der Waals surface area contributed by atoms with Gasteiger partial charge in [-0.15, -0.1) is 0 Å². The van der Waals surface area contributed by atoms with Crippen molar-refractivity contribution >= 4 is 11.7 Å². The molecule has 0 radical (unpaired) electrons. The van der Waals surface area contributed by atoms with Crippen LogP contribution in [0, 0.1) is 6.92 Å². The highest BCUT2D eigenvalue weighted by atomic mass is 16.5. The summed E-state index contributed by atoms with van der Waals surface area (Å²) in [5, 5.41) is 7.10. The number of aryl methyl sites for hydroxylation is 1. The van der Waals surface area contributed by atoms with Gasteiger partial charge in [-0.1, -0.05) is 12.1 Å². The third-order valence-corrected chi connectivity index (χ3v) is 3.57. The monoisotopic (exact) mass is 330 g/mol. The molecule has 1 heterocycles. The smallest absolute Gasteiger partial charge is 0.239 e. The van der Waals surface area contributed by atoms with E-state index in [2.05, 4.69) is 10.4 Å². The number of ether oxygens (including phenoxy) is 1. The molecule has 6 heteroatoms. The van der Waals surface area contributed by atoms with E-state index in [9.17, 15) is 4.79 Å². The quantitative estimate of drug-likeness (QED) is 0.808. The molecule has 0 aliphatic carbocycles. The summed E-state index contributed by atoms with van der Waals surface area (Å²) in [6.45, 7) is 7.60. The Morgan fingerprint density at radius 1 is 1.38 bits per heavy atom. The number of carbonyl (C=O) groups excluding carboxylic acids is 1. The number of rotatable bonds is 8. The van der Waals surface area contributed by atoms with Gasteiger partial charge >= 0.3 is 0 Å². The van der Waals surface area contributed by atoms with E-state index in [1.807, 2.05) is 57.0 Å². The molecule has 0 unspecified atom stereocenters. The van der Waals surface area contributed by atoms with Gasteiger partial charge in [0.05, 0.1) is 12.7 Å². The minimum atomic E-state index is -0.0598. The van der Waals surface area contributed by atoms with Crippen LogP contribution in [0.1, 0.15) is 25.5 Å². The molecule has 0 aliphatic rings. The molecule has 0 spiro atoms. The third kappa shape index (κ3) is 5.38. The number of anilines is 1. The van der Waals surface area contributed by atoms with Crippen molar-refractivity contribution in [2.45, 2.75) is 26.8 Å². The Hall–Kier alpha value is -2.34. The van der Waals surface area contributed by atoms with E-state index >= 15 is 0 Å². The van der Waals surface area contributed by atoms with Gasteiger partial charge in [0, 0.05) is 18.7 Å². The van der Waals surface area contributed by atoms with Crippen molar-refractivity contribution in [3.63, 3.8) is 0 Å². The second-order valence-electron chi connectivity index (χ2n) is 6.21. The summed E-state index contributed by atoms with van der Waals surface area (Å²) >= 11 is 0. The van der Waals surface area contributed by atoms with Crippen LogP contribution in [0.2, 0.25) is 0 Å². The molecule has 0 saturated carbocycles. The molecule has 24 heavy (non-hydrogen) atoms. The summed E-state index contributed by atoms with van der Waals surface area (Å²) < 4.78 is 7.50. The third-order valence-electron chi connectivity index (χ3n) is 3.57. The molecular weight excluding hydrogens is 304 g/mol. The highest BCUT2D eigenvalue weighted by Crippen LogP contribution is 2.13. The average molecular weight is 330 g/mol. The number of nitrogens with one attached hydrogen (secondary N) is 1. The fraction of sp³-hybridized carbons (Fsp3) is 0.444. The molecule has 6 nitrogen and oxygen atoms in total. The topological polar surface area (TPSA) is 59.4 Å². The summed E-state index contributed by atoms with van der Waals surface area (Å²) in [5.74, 6) is 1.52. The molecule has 0 saturated heterocycles. The van der Waals surface area contributed by atoms with E-state index in [0.29, 0.717) is 19.7 Å². The summed E-state index contributed by atoms with van der Waals surface area (Å²) in [7, 11) is 1.90. The van der Waals surface area contributed by atoms with Crippen molar-refractivity contribution in [1.82, 2.24) is 14.7 Å². The molecule has 1 aromatic carbocycles. The summed E-state index contributed by atoms with van der Waals surface area (Å²) in [6.07, 6.45) is 1.69. The van der Waals surface area contributed by atoms with Crippen LogP contribution in [-0.4, -0.2) is 47.3 Å². The van der Waals surface area contributed by atoms with Crippen molar-refractivity contribution < 1.29 is 9.53 Å². The lowest BCUT2D eigenvalue weighted by Gasteiger charge is -2.17. The first kappa shape index (κ1) is 18.0. The fourth-order valence-electron chi connectivity index (χ4n) is 2.36. The molecule has 2 aromatic rings. The van der Waals surface area contributed by atoms with Gasteiger partial charge in [-0.3, -0.25) is 9.69 Å². The maximum absolute atomic E-state index is 12.1. The van der Waals surface area contributed by atoms with Gasteiger partial charge in [0.1, 0.15) is 18.2 Å². The zero-order valence-corrected chi connectivity index (χ0v) is 14.8. The molecule has 130 valence electrons. The Labute approximate surface area is 143 Å². The highest BCUT2D eigenvalue weighted by Gasteiger charge is 2.11. The number of nitrogens with zero attached hydrogens (tertiary/aromatic N) is 3. The maximum atomic E-state index is 12.1. The van der Waals surface area contributed by atoms with Gasteiger partial charge in [-0.25, -0.2) is 4.68 Å². The maximum Gasteiger partial charge on any atom is 0.239 e. The van der Waals surface area contributed by atoms with E-state index in [1.54, 1.807) is 16.9 Å². The Balaban J connectivity index is 1.74. The van der Waals surface area contributed by atoms with E-state index in [0.717, 1.165) is 11.6 Å². The van der Waals surface area contributed by atoms with Crippen molar-refractivity contribution in [1.29, 1.82) is 0 Å². The zero-order chi connectivity index (χ0) is 17.5. The highest BCUT2D eigenvalue weighted by molar-refractivity contribution is 5.91. The summed E-state index contributed by atoms with van der Waals surface area (Å²) in [6, 6.07) is 9.95. The van der Waals surface area contributed by atoms with Crippen LogP contribution in [0.3, 0.4) is 0 Å². The van der Waals surface area contributed by atoms with E-state index < -0.39 is 0 Å². The van der Waals surface area contributed by atoms with Gasteiger partial charge in [0.2, 0.25) is 5.91 Å². The Morgan fingerprint density at radius 2 is 2.17 bits per heavy atom.